The largest absolute Gasteiger partial charge is 0.337 e. The van der Waals surface area contributed by atoms with E-state index in [0.29, 0.717) is 25.6 Å². The Hall–Kier alpha value is -2.66. The zero-order valence-corrected chi connectivity index (χ0v) is 18.5. The lowest BCUT2D eigenvalue weighted by atomic mass is 10.0. The van der Waals surface area contributed by atoms with Gasteiger partial charge in [-0.2, -0.15) is 0 Å². The monoisotopic (exact) mass is 407 g/mol. The maximum absolute atomic E-state index is 12.9. The molecule has 1 aliphatic rings. The molecule has 2 aromatic carbocycles. The Labute approximate surface area is 180 Å². The molecular weight excluding hydrogens is 374 g/mol. The molecule has 30 heavy (non-hydrogen) atoms. The first kappa shape index (κ1) is 22.0. The van der Waals surface area contributed by atoms with Gasteiger partial charge >= 0.3 is 0 Å². The normalized spacial score (nSPS) is 16.2. The molecule has 3 rings (SSSR count). The first-order valence-electron chi connectivity index (χ1n) is 10.9. The highest BCUT2D eigenvalue weighted by Gasteiger charge is 2.26. The summed E-state index contributed by atoms with van der Waals surface area (Å²) in [5.74, 6) is 0.418. The molecule has 0 saturated carbocycles. The van der Waals surface area contributed by atoms with Crippen LogP contribution >= 0.6 is 0 Å². The minimum atomic E-state index is -0.251. The van der Waals surface area contributed by atoms with E-state index in [1.807, 2.05) is 61.2 Å². The van der Waals surface area contributed by atoms with Crippen LogP contribution in [0.5, 0.6) is 0 Å². The van der Waals surface area contributed by atoms with Gasteiger partial charge in [0.25, 0.3) is 5.91 Å². The van der Waals surface area contributed by atoms with E-state index in [2.05, 4.69) is 30.1 Å². The van der Waals surface area contributed by atoms with Gasteiger partial charge in [-0.3, -0.25) is 14.5 Å². The zero-order chi connectivity index (χ0) is 21.7. The van der Waals surface area contributed by atoms with Gasteiger partial charge in [0.15, 0.2) is 0 Å². The topological polar surface area (TPSA) is 52.7 Å². The highest BCUT2D eigenvalue weighted by Crippen LogP contribution is 2.24. The molecule has 0 aliphatic carbocycles. The Morgan fingerprint density at radius 1 is 0.933 bits per heavy atom. The van der Waals surface area contributed by atoms with E-state index in [1.54, 1.807) is 0 Å². The lowest BCUT2D eigenvalue weighted by Crippen LogP contribution is -2.44. The molecule has 2 aromatic rings. The fourth-order valence-corrected chi connectivity index (χ4v) is 4.01. The van der Waals surface area contributed by atoms with E-state index in [-0.39, 0.29) is 17.9 Å². The zero-order valence-electron chi connectivity index (χ0n) is 18.5. The van der Waals surface area contributed by atoms with Crippen LogP contribution in [0.15, 0.2) is 48.5 Å². The van der Waals surface area contributed by atoms with Crippen molar-refractivity contribution in [3.8, 4) is 0 Å². The number of rotatable bonds is 5. The molecule has 1 unspecified atom stereocenters. The second-order valence-corrected chi connectivity index (χ2v) is 8.46. The average Bonchev–Trinajstić information content (AvgIpc) is 2.99. The van der Waals surface area contributed by atoms with E-state index >= 15 is 0 Å². The van der Waals surface area contributed by atoms with Crippen molar-refractivity contribution in [1.82, 2.24) is 9.80 Å². The minimum absolute atomic E-state index is 0.00145. The fraction of sp³-hybridized carbons (Fsp3) is 0.440. The second-order valence-electron chi connectivity index (χ2n) is 8.46. The average molecular weight is 408 g/mol. The standard InChI is InChI=1S/C25H33N3O2/c1-18(2)22-11-5-6-12-23(22)26-24(29)20(4)27-13-8-14-28(16-15-27)25(30)21-10-7-9-19(3)17-21/h5-7,9-12,17-18,20H,8,13-16H2,1-4H3,(H,26,29). The van der Waals surface area contributed by atoms with Crippen LogP contribution in [0.2, 0.25) is 0 Å². The van der Waals surface area contributed by atoms with E-state index < -0.39 is 0 Å². The summed E-state index contributed by atoms with van der Waals surface area (Å²) in [6, 6.07) is 15.5. The summed E-state index contributed by atoms with van der Waals surface area (Å²) in [6.45, 7) is 11.0. The second kappa shape index (κ2) is 9.90. The molecule has 160 valence electrons. The Morgan fingerprint density at radius 3 is 2.43 bits per heavy atom. The Kier molecular flexibility index (Phi) is 7.27. The van der Waals surface area contributed by atoms with Gasteiger partial charge in [-0.1, -0.05) is 49.7 Å². The number of amides is 2. The first-order valence-corrected chi connectivity index (χ1v) is 10.9. The highest BCUT2D eigenvalue weighted by atomic mass is 16.2. The number of carbonyl (C=O) groups excluding carboxylic acids is 2. The lowest BCUT2D eigenvalue weighted by Gasteiger charge is -2.27. The van der Waals surface area contributed by atoms with Crippen LogP contribution in [-0.4, -0.2) is 53.8 Å². The number of aryl methyl sites for hydroxylation is 1. The van der Waals surface area contributed by atoms with Crippen LogP contribution in [0.1, 0.15) is 54.6 Å². The third kappa shape index (κ3) is 5.28. The number of hydrogen-bond acceptors (Lipinski definition) is 3. The summed E-state index contributed by atoms with van der Waals surface area (Å²) in [5, 5.41) is 3.11. The maximum Gasteiger partial charge on any atom is 0.253 e. The minimum Gasteiger partial charge on any atom is -0.337 e. The van der Waals surface area contributed by atoms with Gasteiger partial charge in [0.2, 0.25) is 5.91 Å². The molecule has 5 heteroatoms. The van der Waals surface area contributed by atoms with Crippen LogP contribution < -0.4 is 5.32 Å². The third-order valence-corrected chi connectivity index (χ3v) is 5.85. The van der Waals surface area contributed by atoms with Gasteiger partial charge < -0.3 is 10.2 Å². The summed E-state index contributed by atoms with van der Waals surface area (Å²) in [7, 11) is 0. The maximum atomic E-state index is 12.9. The molecule has 1 aliphatic heterocycles. The highest BCUT2D eigenvalue weighted by molar-refractivity contribution is 5.95. The van der Waals surface area contributed by atoms with Crippen LogP contribution in [0, 0.1) is 6.92 Å². The van der Waals surface area contributed by atoms with Gasteiger partial charge in [-0.05, 0) is 49.9 Å². The number of nitrogens with zero attached hydrogens (tertiary/aromatic N) is 2. The van der Waals surface area contributed by atoms with Crippen molar-refractivity contribution in [2.24, 2.45) is 0 Å². The summed E-state index contributed by atoms with van der Waals surface area (Å²) in [4.78, 5) is 29.9. The third-order valence-electron chi connectivity index (χ3n) is 5.85. The fourth-order valence-electron chi connectivity index (χ4n) is 4.01. The van der Waals surface area contributed by atoms with Crippen molar-refractivity contribution in [3.05, 3.63) is 65.2 Å². The Balaban J connectivity index is 1.62. The molecule has 1 atom stereocenters. The molecule has 2 amide bonds. The summed E-state index contributed by atoms with van der Waals surface area (Å²) < 4.78 is 0. The number of anilines is 1. The van der Waals surface area contributed by atoms with Crippen LogP contribution in [0.25, 0.3) is 0 Å². The SMILES string of the molecule is Cc1cccc(C(=O)N2CCCN(C(C)C(=O)Nc3ccccc3C(C)C)CC2)c1. The molecule has 1 N–H and O–H groups in total. The van der Waals surface area contributed by atoms with Crippen LogP contribution in [0.4, 0.5) is 5.69 Å². The van der Waals surface area contributed by atoms with Gasteiger partial charge in [-0.25, -0.2) is 0 Å². The molecular formula is C25H33N3O2. The predicted octanol–water partition coefficient (Wildman–Crippen LogP) is 4.29. The molecule has 1 saturated heterocycles. The summed E-state index contributed by atoms with van der Waals surface area (Å²) in [5.41, 5.74) is 3.85. The molecule has 0 aromatic heterocycles. The Morgan fingerprint density at radius 2 is 1.70 bits per heavy atom. The lowest BCUT2D eigenvalue weighted by molar-refractivity contribution is -0.120. The molecule has 5 nitrogen and oxygen atoms in total. The number of hydrogen-bond donors (Lipinski definition) is 1. The predicted molar refractivity (Wildman–Crippen MR) is 122 cm³/mol. The van der Waals surface area contributed by atoms with E-state index in [4.69, 9.17) is 0 Å². The van der Waals surface area contributed by atoms with Crippen molar-refractivity contribution in [2.75, 3.05) is 31.5 Å². The van der Waals surface area contributed by atoms with Crippen molar-refractivity contribution >= 4 is 17.5 Å². The quantitative estimate of drug-likeness (QED) is 0.804. The molecule has 0 radical (unpaired) electrons. The summed E-state index contributed by atoms with van der Waals surface area (Å²) >= 11 is 0. The van der Waals surface area contributed by atoms with Gasteiger partial charge in [0.1, 0.15) is 0 Å². The first-order chi connectivity index (χ1) is 14.4. The summed E-state index contributed by atoms with van der Waals surface area (Å²) in [6.07, 6.45) is 0.859. The molecule has 1 heterocycles. The van der Waals surface area contributed by atoms with Crippen LogP contribution in [-0.2, 0) is 4.79 Å². The van der Waals surface area contributed by atoms with E-state index in [9.17, 15) is 9.59 Å². The molecule has 0 spiro atoms. The number of para-hydroxylation sites is 1. The van der Waals surface area contributed by atoms with Crippen molar-refractivity contribution in [2.45, 2.75) is 46.1 Å². The van der Waals surface area contributed by atoms with Crippen molar-refractivity contribution < 1.29 is 9.59 Å². The van der Waals surface area contributed by atoms with E-state index in [1.165, 1.54) is 0 Å². The number of carbonyl (C=O) groups is 2. The number of nitrogens with one attached hydrogen (secondary N) is 1. The molecule has 0 bridgehead atoms. The van der Waals surface area contributed by atoms with Crippen molar-refractivity contribution in [3.63, 3.8) is 0 Å². The van der Waals surface area contributed by atoms with Gasteiger partial charge in [0, 0.05) is 37.4 Å². The smallest absolute Gasteiger partial charge is 0.253 e. The number of benzene rings is 2. The Bertz CT molecular complexity index is 893. The molecule has 1 fully saturated rings. The van der Waals surface area contributed by atoms with Gasteiger partial charge in [-0.15, -0.1) is 0 Å². The van der Waals surface area contributed by atoms with Crippen LogP contribution in [0.3, 0.4) is 0 Å². The van der Waals surface area contributed by atoms with Crippen molar-refractivity contribution in [1.29, 1.82) is 0 Å². The van der Waals surface area contributed by atoms with E-state index in [0.717, 1.165) is 35.3 Å². The van der Waals surface area contributed by atoms with Gasteiger partial charge in [0.05, 0.1) is 6.04 Å².